The van der Waals surface area contributed by atoms with Crippen LogP contribution < -0.4 is 10.9 Å². The van der Waals surface area contributed by atoms with Gasteiger partial charge >= 0.3 is 0 Å². The van der Waals surface area contributed by atoms with Crippen LogP contribution >= 0.6 is 0 Å². The van der Waals surface area contributed by atoms with Crippen molar-refractivity contribution in [2.45, 2.75) is 38.1 Å². The van der Waals surface area contributed by atoms with Crippen molar-refractivity contribution in [1.29, 1.82) is 0 Å². The number of hydrogen-bond donors (Lipinski definition) is 2. The summed E-state index contributed by atoms with van der Waals surface area (Å²) >= 11 is 0. The van der Waals surface area contributed by atoms with Gasteiger partial charge in [0.05, 0.1) is 6.33 Å². The first kappa shape index (κ1) is 13.1. The van der Waals surface area contributed by atoms with Gasteiger partial charge in [0.2, 0.25) is 0 Å². The second-order valence-electron chi connectivity index (χ2n) is 5.10. The lowest BCUT2D eigenvalue weighted by molar-refractivity contribution is 0.144. The van der Waals surface area contributed by atoms with Crippen LogP contribution in [0.3, 0.4) is 0 Å². The third-order valence-electron chi connectivity index (χ3n) is 4.10. The van der Waals surface area contributed by atoms with E-state index in [0.29, 0.717) is 5.82 Å². The molecule has 0 aliphatic heterocycles. The summed E-state index contributed by atoms with van der Waals surface area (Å²) in [5.41, 5.74) is 0.107. The smallest absolute Gasteiger partial charge is 0.252 e. The Kier molecular flexibility index (Phi) is 4.01. The van der Waals surface area contributed by atoms with Gasteiger partial charge in [0.25, 0.3) is 5.56 Å². The fraction of sp³-hybridized carbons (Fsp3) is 0.692. The van der Waals surface area contributed by atoms with E-state index in [4.69, 9.17) is 0 Å². The second-order valence-corrected chi connectivity index (χ2v) is 5.10. The van der Waals surface area contributed by atoms with Gasteiger partial charge in [-0.3, -0.25) is 9.69 Å². The molecule has 0 amide bonds. The minimum atomic E-state index is -0.114. The van der Waals surface area contributed by atoms with Crippen molar-refractivity contribution in [2.24, 2.45) is 0 Å². The molecule has 100 valence electrons. The summed E-state index contributed by atoms with van der Waals surface area (Å²) in [6, 6.07) is 1.51. The summed E-state index contributed by atoms with van der Waals surface area (Å²) in [5, 5.41) is 3.31. The highest BCUT2D eigenvalue weighted by atomic mass is 16.1. The molecule has 1 heterocycles. The first-order valence-electron chi connectivity index (χ1n) is 6.66. The van der Waals surface area contributed by atoms with Crippen molar-refractivity contribution in [1.82, 2.24) is 14.9 Å². The van der Waals surface area contributed by atoms with E-state index in [-0.39, 0.29) is 11.1 Å². The molecule has 0 radical (unpaired) electrons. The SMILES string of the molecule is CCN(C)C1(CNc2cc(=O)[nH]cn2)CCCC1. The Labute approximate surface area is 108 Å². The van der Waals surface area contributed by atoms with E-state index in [1.807, 2.05) is 0 Å². The maximum absolute atomic E-state index is 11.2. The zero-order chi connectivity index (χ0) is 13.0. The van der Waals surface area contributed by atoms with Crippen molar-refractivity contribution in [2.75, 3.05) is 25.5 Å². The van der Waals surface area contributed by atoms with Crippen molar-refractivity contribution >= 4 is 5.82 Å². The van der Waals surface area contributed by atoms with Crippen LogP contribution in [0.4, 0.5) is 5.82 Å². The standard InChI is InChI=1S/C13H22N4O/c1-3-17(2)13(6-4-5-7-13)9-14-11-8-12(18)16-10-15-11/h8,10H,3-7,9H2,1-2H3,(H2,14,15,16,18). The molecule has 2 N–H and O–H groups in total. The van der Waals surface area contributed by atoms with Crippen molar-refractivity contribution in [3.8, 4) is 0 Å². The van der Waals surface area contributed by atoms with Gasteiger partial charge < -0.3 is 10.3 Å². The number of H-pyrrole nitrogens is 1. The van der Waals surface area contributed by atoms with E-state index in [0.717, 1.165) is 13.1 Å². The van der Waals surface area contributed by atoms with Crippen molar-refractivity contribution in [3.63, 3.8) is 0 Å². The minimum Gasteiger partial charge on any atom is -0.368 e. The Morgan fingerprint density at radius 2 is 2.22 bits per heavy atom. The Balaban J connectivity index is 2.04. The molecule has 0 unspecified atom stereocenters. The van der Waals surface area contributed by atoms with Gasteiger partial charge in [-0.05, 0) is 26.4 Å². The molecule has 0 aromatic carbocycles. The molecule has 0 atom stereocenters. The molecule has 18 heavy (non-hydrogen) atoms. The lowest BCUT2D eigenvalue weighted by Crippen LogP contribution is -2.49. The normalized spacial score (nSPS) is 18.2. The first-order chi connectivity index (χ1) is 8.66. The van der Waals surface area contributed by atoms with E-state index in [1.54, 1.807) is 0 Å². The number of anilines is 1. The summed E-state index contributed by atoms with van der Waals surface area (Å²) in [7, 11) is 2.18. The number of hydrogen-bond acceptors (Lipinski definition) is 4. The fourth-order valence-electron chi connectivity index (χ4n) is 2.78. The predicted octanol–water partition coefficient (Wildman–Crippen LogP) is 1.45. The number of aromatic nitrogens is 2. The Morgan fingerprint density at radius 1 is 1.50 bits per heavy atom. The molecule has 0 spiro atoms. The molecular weight excluding hydrogens is 228 g/mol. The van der Waals surface area contributed by atoms with E-state index in [2.05, 4.69) is 34.2 Å². The van der Waals surface area contributed by atoms with E-state index in [1.165, 1.54) is 38.1 Å². The van der Waals surface area contributed by atoms with Gasteiger partial charge in [-0.2, -0.15) is 0 Å². The van der Waals surface area contributed by atoms with Gasteiger partial charge in [0.15, 0.2) is 0 Å². The summed E-state index contributed by atoms with van der Waals surface area (Å²) < 4.78 is 0. The van der Waals surface area contributed by atoms with Crippen molar-refractivity contribution in [3.05, 3.63) is 22.7 Å². The number of aromatic amines is 1. The molecule has 2 rings (SSSR count). The number of rotatable bonds is 5. The highest BCUT2D eigenvalue weighted by Gasteiger charge is 2.36. The Bertz CT molecular complexity index is 437. The van der Waals surface area contributed by atoms with Crippen LogP contribution in [0.2, 0.25) is 0 Å². The minimum absolute atomic E-state index is 0.114. The van der Waals surface area contributed by atoms with Crippen LogP contribution in [0.1, 0.15) is 32.6 Å². The zero-order valence-corrected chi connectivity index (χ0v) is 11.2. The molecule has 1 saturated carbocycles. The zero-order valence-electron chi connectivity index (χ0n) is 11.2. The van der Waals surface area contributed by atoms with E-state index < -0.39 is 0 Å². The van der Waals surface area contributed by atoms with Crippen LogP contribution in [-0.4, -0.2) is 40.5 Å². The quantitative estimate of drug-likeness (QED) is 0.830. The van der Waals surface area contributed by atoms with Crippen LogP contribution in [0, 0.1) is 0 Å². The number of nitrogens with one attached hydrogen (secondary N) is 2. The molecule has 1 aromatic rings. The van der Waals surface area contributed by atoms with Gasteiger partial charge in [-0.1, -0.05) is 19.8 Å². The maximum atomic E-state index is 11.2. The van der Waals surface area contributed by atoms with Crippen LogP contribution in [0.5, 0.6) is 0 Å². The second kappa shape index (κ2) is 5.52. The van der Waals surface area contributed by atoms with Gasteiger partial charge in [-0.15, -0.1) is 0 Å². The summed E-state index contributed by atoms with van der Waals surface area (Å²) in [6.07, 6.45) is 6.44. The topological polar surface area (TPSA) is 61.0 Å². The largest absolute Gasteiger partial charge is 0.368 e. The fourth-order valence-corrected chi connectivity index (χ4v) is 2.78. The monoisotopic (exact) mass is 250 g/mol. The van der Waals surface area contributed by atoms with Gasteiger partial charge in [0.1, 0.15) is 5.82 Å². The molecule has 1 aromatic heterocycles. The molecule has 5 nitrogen and oxygen atoms in total. The lowest BCUT2D eigenvalue weighted by atomic mass is 9.95. The van der Waals surface area contributed by atoms with Crippen LogP contribution in [0.25, 0.3) is 0 Å². The molecular formula is C13H22N4O. The third kappa shape index (κ3) is 2.72. The number of likely N-dealkylation sites (N-methyl/N-ethyl adjacent to an activating group) is 1. The average Bonchev–Trinajstić information content (AvgIpc) is 2.85. The first-order valence-corrected chi connectivity index (χ1v) is 6.66. The van der Waals surface area contributed by atoms with Crippen LogP contribution in [-0.2, 0) is 0 Å². The van der Waals surface area contributed by atoms with Crippen molar-refractivity contribution < 1.29 is 0 Å². The highest BCUT2D eigenvalue weighted by molar-refractivity contribution is 5.32. The summed E-state index contributed by atoms with van der Waals surface area (Å²) in [5.74, 6) is 0.662. The number of nitrogens with zero attached hydrogens (tertiary/aromatic N) is 2. The molecule has 0 saturated heterocycles. The molecule has 1 aliphatic rings. The van der Waals surface area contributed by atoms with Gasteiger partial charge in [0, 0.05) is 18.2 Å². The van der Waals surface area contributed by atoms with Gasteiger partial charge in [-0.25, -0.2) is 4.98 Å². The molecule has 5 heteroatoms. The van der Waals surface area contributed by atoms with Crippen LogP contribution in [0.15, 0.2) is 17.2 Å². The lowest BCUT2D eigenvalue weighted by Gasteiger charge is -2.38. The highest BCUT2D eigenvalue weighted by Crippen LogP contribution is 2.34. The Morgan fingerprint density at radius 3 is 2.83 bits per heavy atom. The molecule has 1 fully saturated rings. The maximum Gasteiger partial charge on any atom is 0.252 e. The average molecular weight is 250 g/mol. The summed E-state index contributed by atoms with van der Waals surface area (Å²) in [4.78, 5) is 20.3. The third-order valence-corrected chi connectivity index (χ3v) is 4.10. The predicted molar refractivity (Wildman–Crippen MR) is 72.9 cm³/mol. The van der Waals surface area contributed by atoms with E-state index in [9.17, 15) is 4.79 Å². The summed E-state index contributed by atoms with van der Waals surface area (Å²) in [6.45, 7) is 4.09. The molecule has 1 aliphatic carbocycles. The van der Waals surface area contributed by atoms with E-state index >= 15 is 0 Å². The Hall–Kier alpha value is -1.36. The molecule has 0 bridgehead atoms.